The Morgan fingerprint density at radius 2 is 2.22 bits per heavy atom. The molecule has 0 unspecified atom stereocenters. The fraction of sp³-hybridized carbons (Fsp3) is 0.462. The fourth-order valence-corrected chi connectivity index (χ4v) is 1.64. The van der Waals surface area contributed by atoms with Gasteiger partial charge in [-0.25, -0.2) is 0 Å². The van der Waals surface area contributed by atoms with Gasteiger partial charge < -0.3 is 16.2 Å². The van der Waals surface area contributed by atoms with Crippen molar-refractivity contribution < 1.29 is 9.90 Å². The molecule has 0 aliphatic carbocycles. The molecule has 0 aliphatic heterocycles. The van der Waals surface area contributed by atoms with Crippen molar-refractivity contribution >= 4 is 11.6 Å². The Labute approximate surface area is 108 Å². The van der Waals surface area contributed by atoms with E-state index in [1.165, 1.54) is 0 Å². The highest BCUT2D eigenvalue weighted by molar-refractivity contribution is 5.77. The average Bonchev–Trinajstić information content (AvgIpc) is 2.31. The molecule has 0 bridgehead atoms. The van der Waals surface area contributed by atoms with Crippen LogP contribution in [0.1, 0.15) is 18.9 Å². The molecule has 0 heterocycles. The van der Waals surface area contributed by atoms with E-state index in [-0.39, 0.29) is 11.7 Å². The number of nitrogens with two attached hydrogens (primary N) is 1. The number of anilines is 1. The van der Waals surface area contributed by atoms with E-state index in [1.54, 1.807) is 18.2 Å². The van der Waals surface area contributed by atoms with Crippen molar-refractivity contribution in [3.63, 3.8) is 0 Å². The molecule has 4 N–H and O–H groups in total. The van der Waals surface area contributed by atoms with E-state index in [4.69, 9.17) is 5.73 Å². The first-order valence-corrected chi connectivity index (χ1v) is 6.05. The first-order valence-electron chi connectivity index (χ1n) is 6.05. The number of hydrogen-bond donors (Lipinski definition) is 3. The first kappa shape index (κ1) is 14.3. The Morgan fingerprint density at radius 1 is 1.50 bits per heavy atom. The average molecular weight is 251 g/mol. The molecule has 0 aliphatic rings. The predicted molar refractivity (Wildman–Crippen MR) is 72.2 cm³/mol. The van der Waals surface area contributed by atoms with Crippen LogP contribution in [0.3, 0.4) is 0 Å². The maximum absolute atomic E-state index is 11.5. The summed E-state index contributed by atoms with van der Waals surface area (Å²) in [5.41, 5.74) is 6.99. The van der Waals surface area contributed by atoms with Gasteiger partial charge in [-0.1, -0.05) is 6.92 Å². The van der Waals surface area contributed by atoms with Gasteiger partial charge in [0.2, 0.25) is 5.91 Å². The molecule has 100 valence electrons. The SMILES string of the molecule is CCCNC(=O)CN(C)Cc1cc(N)ccc1O. The summed E-state index contributed by atoms with van der Waals surface area (Å²) in [7, 11) is 1.83. The van der Waals surface area contributed by atoms with Crippen molar-refractivity contribution in [1.29, 1.82) is 0 Å². The highest BCUT2D eigenvalue weighted by atomic mass is 16.3. The Morgan fingerprint density at radius 3 is 2.89 bits per heavy atom. The number of nitrogen functional groups attached to an aromatic ring is 1. The molecule has 0 aromatic heterocycles. The number of likely N-dealkylation sites (N-methyl/N-ethyl adjacent to an activating group) is 1. The molecular weight excluding hydrogens is 230 g/mol. The van der Waals surface area contributed by atoms with Crippen LogP contribution in [0.4, 0.5) is 5.69 Å². The Hall–Kier alpha value is -1.75. The van der Waals surface area contributed by atoms with Crippen LogP contribution < -0.4 is 11.1 Å². The molecule has 5 nitrogen and oxygen atoms in total. The van der Waals surface area contributed by atoms with Crippen LogP contribution in [0.15, 0.2) is 18.2 Å². The van der Waals surface area contributed by atoms with Crippen LogP contribution in [0.2, 0.25) is 0 Å². The van der Waals surface area contributed by atoms with Gasteiger partial charge in [0, 0.05) is 24.3 Å². The van der Waals surface area contributed by atoms with Gasteiger partial charge in [-0.2, -0.15) is 0 Å². The van der Waals surface area contributed by atoms with Crippen LogP contribution in [-0.4, -0.2) is 36.1 Å². The van der Waals surface area contributed by atoms with Crippen LogP contribution in [0.5, 0.6) is 5.75 Å². The normalized spacial score (nSPS) is 10.6. The van der Waals surface area contributed by atoms with E-state index >= 15 is 0 Å². The van der Waals surface area contributed by atoms with E-state index in [0.717, 1.165) is 12.0 Å². The summed E-state index contributed by atoms with van der Waals surface area (Å²) in [4.78, 5) is 13.3. The third-order valence-corrected chi connectivity index (χ3v) is 2.53. The van der Waals surface area contributed by atoms with E-state index in [0.29, 0.717) is 25.3 Å². The number of hydrogen-bond acceptors (Lipinski definition) is 4. The Bertz CT molecular complexity index is 407. The number of amides is 1. The lowest BCUT2D eigenvalue weighted by Gasteiger charge is -2.17. The van der Waals surface area contributed by atoms with E-state index < -0.39 is 0 Å². The number of nitrogens with zero attached hydrogens (tertiary/aromatic N) is 1. The number of phenols is 1. The fourth-order valence-electron chi connectivity index (χ4n) is 1.64. The maximum Gasteiger partial charge on any atom is 0.234 e. The molecule has 1 amide bonds. The monoisotopic (exact) mass is 251 g/mol. The van der Waals surface area contributed by atoms with Crippen LogP contribution in [-0.2, 0) is 11.3 Å². The highest BCUT2D eigenvalue weighted by Crippen LogP contribution is 2.20. The summed E-state index contributed by atoms with van der Waals surface area (Å²) in [6.45, 7) is 3.48. The minimum Gasteiger partial charge on any atom is -0.508 e. The molecule has 0 saturated carbocycles. The quantitative estimate of drug-likeness (QED) is 0.519. The highest BCUT2D eigenvalue weighted by Gasteiger charge is 2.09. The van der Waals surface area contributed by atoms with Gasteiger partial charge >= 0.3 is 0 Å². The molecule has 18 heavy (non-hydrogen) atoms. The minimum absolute atomic E-state index is 0.0113. The van der Waals surface area contributed by atoms with E-state index in [1.807, 2.05) is 18.9 Å². The maximum atomic E-state index is 11.5. The Balaban J connectivity index is 2.51. The molecule has 0 atom stereocenters. The summed E-state index contributed by atoms with van der Waals surface area (Å²) < 4.78 is 0. The second-order valence-corrected chi connectivity index (χ2v) is 4.41. The van der Waals surface area contributed by atoms with Crippen LogP contribution in [0.25, 0.3) is 0 Å². The second kappa shape index (κ2) is 6.86. The van der Waals surface area contributed by atoms with E-state index in [9.17, 15) is 9.90 Å². The number of carbonyl (C=O) groups excluding carboxylic acids is 1. The molecular formula is C13H21N3O2. The van der Waals surface area contributed by atoms with Gasteiger partial charge in [0.15, 0.2) is 0 Å². The topological polar surface area (TPSA) is 78.6 Å². The van der Waals surface area contributed by atoms with Gasteiger partial charge in [-0.3, -0.25) is 9.69 Å². The predicted octanol–water partition coefficient (Wildman–Crippen LogP) is 0.932. The number of benzene rings is 1. The van der Waals surface area contributed by atoms with Gasteiger partial charge in [0.25, 0.3) is 0 Å². The van der Waals surface area contributed by atoms with Crippen molar-refractivity contribution in [1.82, 2.24) is 10.2 Å². The molecule has 0 radical (unpaired) electrons. The number of carbonyl (C=O) groups is 1. The summed E-state index contributed by atoms with van der Waals surface area (Å²) >= 11 is 0. The third-order valence-electron chi connectivity index (χ3n) is 2.53. The van der Waals surface area contributed by atoms with Crippen molar-refractivity contribution in [3.8, 4) is 5.75 Å². The summed E-state index contributed by atoms with van der Waals surface area (Å²) in [6.07, 6.45) is 0.922. The smallest absolute Gasteiger partial charge is 0.234 e. The number of nitrogens with one attached hydrogen (secondary N) is 1. The zero-order chi connectivity index (χ0) is 13.5. The Kier molecular flexibility index (Phi) is 5.45. The van der Waals surface area contributed by atoms with Crippen molar-refractivity contribution in [2.24, 2.45) is 0 Å². The molecule has 0 fully saturated rings. The second-order valence-electron chi connectivity index (χ2n) is 4.41. The largest absolute Gasteiger partial charge is 0.508 e. The standard InChI is InChI=1S/C13H21N3O2/c1-3-6-15-13(18)9-16(2)8-10-7-11(14)4-5-12(10)17/h4-5,7,17H,3,6,8-9,14H2,1-2H3,(H,15,18). The summed E-state index contributed by atoms with van der Waals surface area (Å²) in [5, 5.41) is 12.5. The minimum atomic E-state index is -0.0113. The number of phenolic OH excluding ortho intramolecular Hbond substituents is 1. The molecule has 0 saturated heterocycles. The van der Waals surface area contributed by atoms with Gasteiger partial charge in [-0.05, 0) is 31.7 Å². The van der Waals surface area contributed by atoms with Crippen LogP contribution in [0, 0.1) is 0 Å². The van der Waals surface area contributed by atoms with Crippen molar-refractivity contribution in [2.75, 3.05) is 25.9 Å². The number of rotatable bonds is 6. The lowest BCUT2D eigenvalue weighted by Crippen LogP contribution is -2.35. The molecule has 1 aromatic rings. The van der Waals surface area contributed by atoms with Gasteiger partial charge in [0.05, 0.1) is 6.54 Å². The van der Waals surface area contributed by atoms with Crippen molar-refractivity contribution in [2.45, 2.75) is 19.9 Å². The lowest BCUT2D eigenvalue weighted by atomic mass is 10.1. The molecule has 5 heteroatoms. The summed E-state index contributed by atoms with van der Waals surface area (Å²) in [5.74, 6) is 0.188. The van der Waals surface area contributed by atoms with Gasteiger partial charge in [-0.15, -0.1) is 0 Å². The van der Waals surface area contributed by atoms with E-state index in [2.05, 4.69) is 5.32 Å². The lowest BCUT2D eigenvalue weighted by molar-refractivity contribution is -0.122. The van der Waals surface area contributed by atoms with Crippen molar-refractivity contribution in [3.05, 3.63) is 23.8 Å². The number of aromatic hydroxyl groups is 1. The molecule has 0 spiro atoms. The molecule has 1 rings (SSSR count). The zero-order valence-electron chi connectivity index (χ0n) is 10.9. The first-order chi connectivity index (χ1) is 8.52. The molecule has 1 aromatic carbocycles. The van der Waals surface area contributed by atoms with Gasteiger partial charge in [0.1, 0.15) is 5.75 Å². The van der Waals surface area contributed by atoms with Crippen LogP contribution >= 0.6 is 0 Å². The zero-order valence-corrected chi connectivity index (χ0v) is 10.9. The third kappa shape index (κ3) is 4.63. The summed E-state index contributed by atoms with van der Waals surface area (Å²) in [6, 6.07) is 4.93.